The molecular weight excluding hydrogens is 661 g/mol. The van der Waals surface area contributed by atoms with Gasteiger partial charge in [0.2, 0.25) is 0 Å². The van der Waals surface area contributed by atoms with Crippen molar-refractivity contribution in [3.63, 3.8) is 0 Å². The Bertz CT molecular complexity index is 2770. The second-order valence-corrected chi connectivity index (χ2v) is 12.8. The molecule has 6 heteroatoms. The highest BCUT2D eigenvalue weighted by atomic mass is 15.0. The summed E-state index contributed by atoms with van der Waals surface area (Å²) in [4.78, 5) is 28.9. The smallest absolute Gasteiger partial charge is 0.187 e. The average molecular weight is 691 g/mol. The van der Waals surface area contributed by atoms with Crippen LogP contribution in [0.5, 0.6) is 0 Å². The Labute approximate surface area is 313 Å². The van der Waals surface area contributed by atoms with Crippen molar-refractivity contribution in [3.8, 4) is 79.1 Å². The Morgan fingerprint density at radius 2 is 0.833 bits per heavy atom. The van der Waals surface area contributed by atoms with Crippen molar-refractivity contribution in [2.45, 2.75) is 0 Å². The zero-order valence-electron chi connectivity index (χ0n) is 29.0. The molecule has 0 bridgehead atoms. The van der Waals surface area contributed by atoms with Crippen LogP contribution in [0.4, 0.5) is 5.69 Å². The third-order valence-corrected chi connectivity index (χ3v) is 9.37. The number of fused-ring (bicyclic) bond motifs is 1. The molecule has 0 saturated heterocycles. The third kappa shape index (κ3) is 6.27. The SMILES string of the molecule is [C-]#[N+]c1cccc(-c2cc(-c3nc(-c4ccccc4)nc(-c4ccccc4)n3)ccc2-c2ccccc2-c2nc(-c3ccccc3)nc3ccccc23)c1. The molecule has 2 heterocycles. The van der Waals surface area contributed by atoms with Gasteiger partial charge in [-0.2, -0.15) is 0 Å². The third-order valence-electron chi connectivity index (χ3n) is 9.37. The van der Waals surface area contributed by atoms with E-state index in [2.05, 4.69) is 47.3 Å². The summed E-state index contributed by atoms with van der Waals surface area (Å²) in [6, 6.07) is 60.6. The number of para-hydroxylation sites is 1. The van der Waals surface area contributed by atoms with Crippen molar-refractivity contribution in [1.82, 2.24) is 24.9 Å². The highest BCUT2D eigenvalue weighted by Crippen LogP contribution is 2.42. The molecule has 0 fully saturated rings. The first-order chi connectivity index (χ1) is 26.7. The van der Waals surface area contributed by atoms with Gasteiger partial charge < -0.3 is 0 Å². The van der Waals surface area contributed by atoms with Crippen LogP contribution in [0.25, 0.3) is 94.8 Å². The van der Waals surface area contributed by atoms with E-state index < -0.39 is 0 Å². The molecule has 9 rings (SSSR count). The van der Waals surface area contributed by atoms with Crippen LogP contribution in [0, 0.1) is 6.57 Å². The number of benzene rings is 7. The molecule has 0 aliphatic rings. The largest absolute Gasteiger partial charge is 0.238 e. The summed E-state index contributed by atoms with van der Waals surface area (Å²) in [6.45, 7) is 7.81. The molecular formula is C48H30N6. The van der Waals surface area contributed by atoms with E-state index in [0.29, 0.717) is 29.0 Å². The molecule has 0 unspecified atom stereocenters. The lowest BCUT2D eigenvalue weighted by Crippen LogP contribution is -2.00. The zero-order valence-corrected chi connectivity index (χ0v) is 29.0. The lowest BCUT2D eigenvalue weighted by Gasteiger charge is -2.17. The van der Waals surface area contributed by atoms with Gasteiger partial charge in [-0.3, -0.25) is 0 Å². The van der Waals surface area contributed by atoms with Gasteiger partial charge in [0, 0.05) is 33.2 Å². The van der Waals surface area contributed by atoms with Crippen LogP contribution in [0.15, 0.2) is 182 Å². The summed E-state index contributed by atoms with van der Waals surface area (Å²) in [6.07, 6.45) is 0. The van der Waals surface area contributed by atoms with Crippen molar-refractivity contribution in [2.75, 3.05) is 0 Å². The Morgan fingerprint density at radius 1 is 0.333 bits per heavy atom. The first-order valence-corrected chi connectivity index (χ1v) is 17.6. The summed E-state index contributed by atoms with van der Waals surface area (Å²) in [5, 5.41) is 0.963. The summed E-state index contributed by atoms with van der Waals surface area (Å²) in [5.41, 5.74) is 10.7. The van der Waals surface area contributed by atoms with E-state index in [1.165, 1.54) is 0 Å². The monoisotopic (exact) mass is 690 g/mol. The fraction of sp³-hybridized carbons (Fsp3) is 0. The highest BCUT2D eigenvalue weighted by molar-refractivity contribution is 6.00. The lowest BCUT2D eigenvalue weighted by molar-refractivity contribution is 1.07. The van der Waals surface area contributed by atoms with Gasteiger partial charge in [0.15, 0.2) is 29.0 Å². The van der Waals surface area contributed by atoms with E-state index in [1.54, 1.807) is 0 Å². The Balaban J connectivity index is 1.27. The van der Waals surface area contributed by atoms with E-state index in [9.17, 15) is 0 Å². The topological polar surface area (TPSA) is 68.8 Å². The molecule has 2 aromatic heterocycles. The second-order valence-electron chi connectivity index (χ2n) is 12.8. The Morgan fingerprint density at radius 3 is 1.46 bits per heavy atom. The van der Waals surface area contributed by atoms with E-state index in [1.807, 2.05) is 140 Å². The van der Waals surface area contributed by atoms with Gasteiger partial charge in [-0.15, -0.1) is 0 Å². The summed E-state index contributed by atoms with van der Waals surface area (Å²) < 4.78 is 0. The van der Waals surface area contributed by atoms with Crippen LogP contribution < -0.4 is 0 Å². The zero-order chi connectivity index (χ0) is 36.3. The predicted octanol–water partition coefficient (Wildman–Crippen LogP) is 12.0. The van der Waals surface area contributed by atoms with Crippen LogP contribution >= 0.6 is 0 Å². The molecule has 0 aliphatic carbocycles. The number of hydrogen-bond donors (Lipinski definition) is 0. The normalized spacial score (nSPS) is 10.9. The second kappa shape index (κ2) is 14.2. The first-order valence-electron chi connectivity index (χ1n) is 17.6. The van der Waals surface area contributed by atoms with Crippen LogP contribution in [0.1, 0.15) is 0 Å². The molecule has 6 nitrogen and oxygen atoms in total. The molecule has 7 aromatic carbocycles. The lowest BCUT2D eigenvalue weighted by atomic mass is 9.88. The Hall–Kier alpha value is -7.62. The molecule has 0 amide bonds. The minimum Gasteiger partial charge on any atom is -0.238 e. The van der Waals surface area contributed by atoms with Crippen molar-refractivity contribution < 1.29 is 0 Å². The molecule has 0 N–H and O–H groups in total. The van der Waals surface area contributed by atoms with Gasteiger partial charge in [0.25, 0.3) is 0 Å². The highest BCUT2D eigenvalue weighted by Gasteiger charge is 2.20. The first kappa shape index (κ1) is 32.3. The maximum atomic E-state index is 7.81. The average Bonchev–Trinajstić information content (AvgIpc) is 3.26. The standard InChI is InChI=1S/C48H30N6/c1-49-37-23-15-22-35(30-37)42-31-36(48-53-46(33-18-7-3-8-19-33)52-47(54-48)34-20-9-4-10-21-34)28-29-39(42)38-24-11-12-25-40(38)44-41-26-13-14-27-43(41)50-45(51-44)32-16-5-2-6-17-32/h2-31H. The van der Waals surface area contributed by atoms with E-state index >= 15 is 0 Å². The molecule has 252 valence electrons. The van der Waals surface area contributed by atoms with Crippen LogP contribution in [-0.4, -0.2) is 24.9 Å². The van der Waals surface area contributed by atoms with Crippen LogP contribution in [0.3, 0.4) is 0 Å². The fourth-order valence-electron chi connectivity index (χ4n) is 6.76. The van der Waals surface area contributed by atoms with E-state index in [0.717, 1.165) is 66.7 Å². The maximum absolute atomic E-state index is 7.81. The van der Waals surface area contributed by atoms with E-state index in [4.69, 9.17) is 31.5 Å². The summed E-state index contributed by atoms with van der Waals surface area (Å²) >= 11 is 0. The van der Waals surface area contributed by atoms with Crippen LogP contribution in [0.2, 0.25) is 0 Å². The molecule has 0 radical (unpaired) electrons. The molecule has 9 aromatic rings. The fourth-order valence-corrected chi connectivity index (χ4v) is 6.76. The molecule has 0 saturated carbocycles. The molecule has 54 heavy (non-hydrogen) atoms. The maximum Gasteiger partial charge on any atom is 0.187 e. The van der Waals surface area contributed by atoms with Crippen molar-refractivity contribution >= 4 is 16.6 Å². The minimum atomic E-state index is 0.555. The number of aromatic nitrogens is 5. The van der Waals surface area contributed by atoms with E-state index in [-0.39, 0.29) is 0 Å². The van der Waals surface area contributed by atoms with Gasteiger partial charge in [0.1, 0.15) is 0 Å². The van der Waals surface area contributed by atoms with Gasteiger partial charge in [0.05, 0.1) is 17.8 Å². The summed E-state index contributed by atoms with van der Waals surface area (Å²) in [7, 11) is 0. The number of hydrogen-bond acceptors (Lipinski definition) is 5. The summed E-state index contributed by atoms with van der Waals surface area (Å²) in [5.74, 6) is 2.41. The predicted molar refractivity (Wildman–Crippen MR) is 217 cm³/mol. The minimum absolute atomic E-state index is 0.555. The molecule has 0 atom stereocenters. The Kier molecular flexibility index (Phi) is 8.48. The van der Waals surface area contributed by atoms with Crippen molar-refractivity contribution in [1.29, 1.82) is 0 Å². The number of rotatable bonds is 7. The molecule has 0 aliphatic heterocycles. The molecule has 0 spiro atoms. The quantitative estimate of drug-likeness (QED) is 0.156. The van der Waals surface area contributed by atoms with Crippen molar-refractivity contribution in [2.24, 2.45) is 0 Å². The van der Waals surface area contributed by atoms with Gasteiger partial charge >= 0.3 is 0 Å². The van der Waals surface area contributed by atoms with Crippen molar-refractivity contribution in [3.05, 3.63) is 193 Å². The van der Waals surface area contributed by atoms with Gasteiger partial charge in [-0.05, 0) is 40.5 Å². The van der Waals surface area contributed by atoms with Gasteiger partial charge in [-0.1, -0.05) is 164 Å². The van der Waals surface area contributed by atoms with Gasteiger partial charge in [-0.25, -0.2) is 29.8 Å². The van der Waals surface area contributed by atoms with Crippen LogP contribution in [-0.2, 0) is 0 Å². The number of nitrogens with zero attached hydrogens (tertiary/aromatic N) is 6.